The van der Waals surface area contributed by atoms with Crippen molar-refractivity contribution >= 4 is 29.1 Å². The van der Waals surface area contributed by atoms with Crippen molar-refractivity contribution in [2.75, 3.05) is 59.7 Å². The molecule has 0 heterocycles. The quantitative estimate of drug-likeness (QED) is 0.0876. The third kappa shape index (κ3) is 15.1. The van der Waals surface area contributed by atoms with Crippen molar-refractivity contribution in [2.24, 2.45) is 11.8 Å². The highest BCUT2D eigenvalue weighted by Gasteiger charge is 2.29. The number of hydrogen-bond acceptors (Lipinski definition) is 7. The standard InChI is InChI=1S/C42H64N4O6/c1-31(2)40-34-17-11-10-16-33(34)30-37(35-18-12-13-19-36(35)41(40)32(3)4)52-42(49)46-23-15-7-9-21-39(48)45-25-27-51-29-28-50-26-24-44-38(47)20-8-6-14-22-43-5/h10-13,16-19,31-32,37,43H,6-9,14-15,20-30H2,1-5H3,(H,44,47)(H,45,48)(H,46,49)/b41-40-. The number of ether oxygens (including phenoxy) is 3. The van der Waals surface area contributed by atoms with Gasteiger partial charge in [-0.05, 0) is 78.9 Å². The summed E-state index contributed by atoms with van der Waals surface area (Å²) in [6, 6.07) is 16.8. The first-order valence-electron chi connectivity index (χ1n) is 19.4. The second-order valence-corrected chi connectivity index (χ2v) is 14.1. The third-order valence-electron chi connectivity index (χ3n) is 9.19. The average molecular weight is 721 g/mol. The van der Waals surface area contributed by atoms with E-state index in [2.05, 4.69) is 91.4 Å². The van der Waals surface area contributed by atoms with Gasteiger partial charge in [-0.1, -0.05) is 89.1 Å². The van der Waals surface area contributed by atoms with Crippen molar-refractivity contribution in [1.82, 2.24) is 21.3 Å². The lowest BCUT2D eigenvalue weighted by molar-refractivity contribution is -0.122. The summed E-state index contributed by atoms with van der Waals surface area (Å²) in [7, 11) is 1.93. The molecule has 2 aromatic carbocycles. The van der Waals surface area contributed by atoms with Gasteiger partial charge in [-0.3, -0.25) is 9.59 Å². The molecule has 52 heavy (non-hydrogen) atoms. The molecule has 0 bridgehead atoms. The number of unbranched alkanes of at least 4 members (excludes halogenated alkanes) is 4. The van der Waals surface area contributed by atoms with E-state index in [9.17, 15) is 14.4 Å². The van der Waals surface area contributed by atoms with Gasteiger partial charge in [-0.2, -0.15) is 0 Å². The average Bonchev–Trinajstić information content (AvgIpc) is 3.11. The Kier molecular flexibility index (Phi) is 20.1. The van der Waals surface area contributed by atoms with Gasteiger partial charge in [0.05, 0.1) is 26.4 Å². The number of allylic oxidation sites excluding steroid dienone is 2. The van der Waals surface area contributed by atoms with Gasteiger partial charge in [0.2, 0.25) is 11.8 Å². The number of hydrogen-bond donors (Lipinski definition) is 4. The molecule has 0 radical (unpaired) electrons. The van der Waals surface area contributed by atoms with Crippen LogP contribution in [0.3, 0.4) is 0 Å². The van der Waals surface area contributed by atoms with Gasteiger partial charge in [-0.25, -0.2) is 4.79 Å². The summed E-state index contributed by atoms with van der Waals surface area (Å²) < 4.78 is 17.2. The molecule has 10 heteroatoms. The maximum Gasteiger partial charge on any atom is 0.407 e. The Morgan fingerprint density at radius 1 is 0.635 bits per heavy atom. The maximum absolute atomic E-state index is 13.1. The fraction of sp³-hybridized carbons (Fsp3) is 0.595. The highest BCUT2D eigenvalue weighted by molar-refractivity contribution is 5.94. The summed E-state index contributed by atoms with van der Waals surface area (Å²) in [5.41, 5.74) is 7.29. The summed E-state index contributed by atoms with van der Waals surface area (Å²) in [5, 5.41) is 11.8. The number of carbonyl (C=O) groups is 3. The zero-order valence-electron chi connectivity index (χ0n) is 32.3. The van der Waals surface area contributed by atoms with Crippen molar-refractivity contribution in [2.45, 2.75) is 91.6 Å². The second-order valence-electron chi connectivity index (χ2n) is 14.1. The fourth-order valence-corrected chi connectivity index (χ4v) is 6.67. The van der Waals surface area contributed by atoms with Crippen LogP contribution in [0.5, 0.6) is 0 Å². The van der Waals surface area contributed by atoms with Crippen LogP contribution in [0.15, 0.2) is 48.5 Å². The molecule has 0 fully saturated rings. The lowest BCUT2D eigenvalue weighted by Gasteiger charge is -2.31. The molecule has 0 aliphatic heterocycles. The Balaban J connectivity index is 1.28. The third-order valence-corrected chi connectivity index (χ3v) is 9.19. The highest BCUT2D eigenvalue weighted by Crippen LogP contribution is 2.44. The minimum absolute atomic E-state index is 0.0105. The summed E-state index contributed by atoms with van der Waals surface area (Å²) in [4.78, 5) is 37.1. The van der Waals surface area contributed by atoms with Crippen LogP contribution in [0.2, 0.25) is 0 Å². The monoisotopic (exact) mass is 720 g/mol. The summed E-state index contributed by atoms with van der Waals surface area (Å²) in [6.07, 6.45) is 6.10. The van der Waals surface area contributed by atoms with Gasteiger partial charge in [-0.15, -0.1) is 0 Å². The van der Waals surface area contributed by atoms with Gasteiger partial charge >= 0.3 is 6.09 Å². The normalized spacial score (nSPS) is 15.4. The molecule has 288 valence electrons. The van der Waals surface area contributed by atoms with Crippen LogP contribution < -0.4 is 21.3 Å². The SMILES string of the molecule is CNCCCCCC(=O)NCCOCCOCCNC(=O)CCCCCNC(=O)OC1Cc2ccccc2/C(C(C)C)=C(/C(C)C)c2ccccc21. The van der Waals surface area contributed by atoms with Crippen molar-refractivity contribution < 1.29 is 28.6 Å². The van der Waals surface area contributed by atoms with E-state index in [1.54, 1.807) is 0 Å². The van der Waals surface area contributed by atoms with Crippen molar-refractivity contribution in [1.29, 1.82) is 0 Å². The molecule has 0 saturated carbocycles. The van der Waals surface area contributed by atoms with Gasteiger partial charge in [0.25, 0.3) is 0 Å². The highest BCUT2D eigenvalue weighted by atomic mass is 16.6. The zero-order valence-corrected chi connectivity index (χ0v) is 32.3. The Morgan fingerprint density at radius 2 is 1.17 bits per heavy atom. The summed E-state index contributed by atoms with van der Waals surface area (Å²) in [6.45, 7) is 13.1. The van der Waals surface area contributed by atoms with Gasteiger partial charge in [0.15, 0.2) is 0 Å². The van der Waals surface area contributed by atoms with Gasteiger partial charge in [0, 0.05) is 44.5 Å². The molecule has 1 aliphatic carbocycles. The van der Waals surface area contributed by atoms with E-state index in [1.807, 2.05) is 13.1 Å². The molecule has 3 rings (SSSR count). The molecule has 3 amide bonds. The van der Waals surface area contributed by atoms with E-state index in [0.717, 1.165) is 56.2 Å². The number of alkyl carbamates (subject to hydrolysis) is 1. The van der Waals surface area contributed by atoms with E-state index in [4.69, 9.17) is 14.2 Å². The minimum Gasteiger partial charge on any atom is -0.441 e. The zero-order chi connectivity index (χ0) is 37.6. The Labute approximate surface area is 312 Å². The van der Waals surface area contributed by atoms with E-state index >= 15 is 0 Å². The largest absolute Gasteiger partial charge is 0.441 e. The van der Waals surface area contributed by atoms with Crippen molar-refractivity contribution in [3.05, 3.63) is 70.8 Å². The Morgan fingerprint density at radius 3 is 1.77 bits per heavy atom. The molecular weight excluding hydrogens is 656 g/mol. The molecule has 2 aromatic rings. The topological polar surface area (TPSA) is 127 Å². The van der Waals surface area contributed by atoms with Crippen molar-refractivity contribution in [3.63, 3.8) is 0 Å². The predicted molar refractivity (Wildman–Crippen MR) is 209 cm³/mol. The number of amides is 3. The van der Waals surface area contributed by atoms with E-state index < -0.39 is 12.2 Å². The fourth-order valence-electron chi connectivity index (χ4n) is 6.67. The van der Waals surface area contributed by atoms with Crippen LogP contribution in [-0.2, 0) is 30.2 Å². The molecule has 1 unspecified atom stereocenters. The minimum atomic E-state index is -0.423. The van der Waals surface area contributed by atoms with Crippen LogP contribution in [0, 0.1) is 11.8 Å². The summed E-state index contributed by atoms with van der Waals surface area (Å²) >= 11 is 0. The van der Waals surface area contributed by atoms with E-state index in [1.165, 1.54) is 22.3 Å². The molecule has 0 spiro atoms. The molecule has 0 saturated heterocycles. The lowest BCUT2D eigenvalue weighted by Crippen LogP contribution is -2.29. The second kappa shape index (κ2) is 24.5. The van der Waals surface area contributed by atoms with Crippen LogP contribution >= 0.6 is 0 Å². The first kappa shape index (κ1) is 42.7. The first-order chi connectivity index (χ1) is 25.2. The number of carbonyl (C=O) groups excluding carboxylic acids is 3. The van der Waals surface area contributed by atoms with E-state index in [-0.39, 0.29) is 11.8 Å². The smallest absolute Gasteiger partial charge is 0.407 e. The number of fused-ring (bicyclic) bond motifs is 2. The van der Waals surface area contributed by atoms with Crippen LogP contribution in [0.4, 0.5) is 4.79 Å². The molecule has 10 nitrogen and oxygen atoms in total. The Hall–Kier alpha value is -3.73. The summed E-state index contributed by atoms with van der Waals surface area (Å²) in [5.74, 6) is 0.694. The number of benzene rings is 2. The van der Waals surface area contributed by atoms with Gasteiger partial charge < -0.3 is 35.5 Å². The maximum atomic E-state index is 13.1. The molecular formula is C42H64N4O6. The molecule has 1 aliphatic rings. The van der Waals surface area contributed by atoms with Gasteiger partial charge in [0.1, 0.15) is 6.10 Å². The first-order valence-corrected chi connectivity index (χ1v) is 19.4. The number of nitrogens with one attached hydrogen (secondary N) is 4. The van der Waals surface area contributed by atoms with Crippen LogP contribution in [0.25, 0.3) is 11.1 Å². The van der Waals surface area contributed by atoms with Crippen LogP contribution in [-0.4, -0.2) is 77.6 Å². The van der Waals surface area contributed by atoms with E-state index in [0.29, 0.717) is 77.2 Å². The van der Waals surface area contributed by atoms with Crippen molar-refractivity contribution in [3.8, 4) is 0 Å². The molecule has 0 aromatic heterocycles. The Bertz CT molecular complexity index is 1410. The lowest BCUT2D eigenvalue weighted by atomic mass is 9.76. The molecule has 4 N–H and O–H groups in total. The van der Waals surface area contributed by atoms with Crippen LogP contribution in [0.1, 0.15) is 107 Å². The number of rotatable bonds is 24. The predicted octanol–water partition coefficient (Wildman–Crippen LogP) is 6.84. The molecule has 1 atom stereocenters.